The van der Waals surface area contributed by atoms with Gasteiger partial charge in [0.05, 0.1) is 18.4 Å². The fourth-order valence-corrected chi connectivity index (χ4v) is 2.21. The molecule has 0 saturated carbocycles. The average Bonchev–Trinajstić information content (AvgIpc) is 3.13. The lowest BCUT2D eigenvalue weighted by molar-refractivity contribution is 0.457. The predicted octanol–water partition coefficient (Wildman–Crippen LogP) is 1.63. The summed E-state index contributed by atoms with van der Waals surface area (Å²) in [6, 6.07) is 2.02. The Labute approximate surface area is 130 Å². The Morgan fingerprint density at radius 2 is 2.14 bits per heavy atom. The highest BCUT2D eigenvalue weighted by Crippen LogP contribution is 2.04. The minimum absolute atomic E-state index is 0.691. The lowest BCUT2D eigenvalue weighted by Crippen LogP contribution is -2.36. The first-order valence-electron chi connectivity index (χ1n) is 7.15. The molecule has 6 nitrogen and oxygen atoms in total. The van der Waals surface area contributed by atoms with Gasteiger partial charge in [0.2, 0.25) is 0 Å². The highest BCUT2D eigenvalue weighted by molar-refractivity contribution is 7.80. The van der Waals surface area contributed by atoms with Crippen LogP contribution in [0.15, 0.2) is 24.7 Å². The molecule has 0 aliphatic heterocycles. The van der Waals surface area contributed by atoms with Crippen molar-refractivity contribution in [2.75, 3.05) is 7.05 Å². The molecule has 0 fully saturated rings. The number of hydrogen-bond donors (Lipinski definition) is 1. The molecule has 1 N–H and O–H groups in total. The van der Waals surface area contributed by atoms with Gasteiger partial charge in [-0.05, 0) is 32.1 Å². The summed E-state index contributed by atoms with van der Waals surface area (Å²) in [5.41, 5.74) is 2.29. The van der Waals surface area contributed by atoms with Crippen LogP contribution in [0.4, 0.5) is 0 Å². The zero-order valence-corrected chi connectivity index (χ0v) is 13.6. The summed E-state index contributed by atoms with van der Waals surface area (Å²) >= 11 is 5.42. The van der Waals surface area contributed by atoms with Crippen LogP contribution in [-0.4, -0.2) is 36.6 Å². The molecule has 0 aromatic carbocycles. The molecule has 0 aliphatic carbocycles. The van der Waals surface area contributed by atoms with E-state index in [1.54, 1.807) is 0 Å². The molecule has 7 heteroatoms. The molecular weight excluding hydrogens is 284 g/mol. The van der Waals surface area contributed by atoms with Crippen molar-refractivity contribution in [3.63, 3.8) is 0 Å². The Bertz CT molecular complexity index is 588. The lowest BCUT2D eigenvalue weighted by atomic mass is 10.3. The number of thiocarbonyl (C=S) groups is 1. The Hall–Kier alpha value is -1.89. The van der Waals surface area contributed by atoms with Gasteiger partial charge in [-0.1, -0.05) is 0 Å². The number of aromatic nitrogens is 4. The maximum Gasteiger partial charge on any atom is 0.169 e. The number of nitrogens with zero attached hydrogens (tertiary/aromatic N) is 5. The van der Waals surface area contributed by atoms with Gasteiger partial charge < -0.3 is 10.2 Å². The summed E-state index contributed by atoms with van der Waals surface area (Å²) in [6.45, 7) is 7.33. The number of rotatable bonds is 6. The van der Waals surface area contributed by atoms with Gasteiger partial charge in [-0.15, -0.1) is 0 Å². The maximum absolute atomic E-state index is 5.42. The molecule has 0 unspecified atom stereocenters. The van der Waals surface area contributed by atoms with Crippen molar-refractivity contribution in [1.29, 1.82) is 0 Å². The zero-order chi connectivity index (χ0) is 15.2. The zero-order valence-electron chi connectivity index (χ0n) is 12.8. The van der Waals surface area contributed by atoms with Crippen LogP contribution in [0.3, 0.4) is 0 Å². The molecule has 0 bridgehead atoms. The van der Waals surface area contributed by atoms with E-state index in [0.29, 0.717) is 6.54 Å². The Morgan fingerprint density at radius 3 is 2.81 bits per heavy atom. The SMILES string of the molecule is CCn1cc(CNC(=S)N(C)Cc2ccnn2CC)cn1. The van der Waals surface area contributed by atoms with Crippen molar-refractivity contribution in [3.8, 4) is 0 Å². The molecule has 114 valence electrons. The second-order valence-electron chi connectivity index (χ2n) is 4.86. The molecule has 0 saturated heterocycles. The molecule has 21 heavy (non-hydrogen) atoms. The topological polar surface area (TPSA) is 50.9 Å². The third-order valence-electron chi connectivity index (χ3n) is 3.30. The van der Waals surface area contributed by atoms with Gasteiger partial charge in [0.15, 0.2) is 5.11 Å². The van der Waals surface area contributed by atoms with E-state index in [0.717, 1.165) is 36.0 Å². The van der Waals surface area contributed by atoms with E-state index < -0.39 is 0 Å². The fraction of sp³-hybridized carbons (Fsp3) is 0.500. The highest BCUT2D eigenvalue weighted by atomic mass is 32.1. The fourth-order valence-electron chi connectivity index (χ4n) is 2.08. The van der Waals surface area contributed by atoms with E-state index in [-0.39, 0.29) is 0 Å². The van der Waals surface area contributed by atoms with Gasteiger partial charge in [-0.2, -0.15) is 10.2 Å². The van der Waals surface area contributed by atoms with Crippen molar-refractivity contribution in [3.05, 3.63) is 35.9 Å². The largest absolute Gasteiger partial charge is 0.358 e. The first-order valence-corrected chi connectivity index (χ1v) is 7.55. The monoisotopic (exact) mass is 306 g/mol. The number of hydrogen-bond acceptors (Lipinski definition) is 3. The summed E-state index contributed by atoms with van der Waals surface area (Å²) in [4.78, 5) is 2.02. The van der Waals surface area contributed by atoms with Crippen LogP contribution < -0.4 is 5.32 Å². The van der Waals surface area contributed by atoms with E-state index in [1.807, 2.05) is 46.0 Å². The third-order valence-corrected chi connectivity index (χ3v) is 3.76. The van der Waals surface area contributed by atoms with Crippen LogP contribution in [0.5, 0.6) is 0 Å². The Kier molecular flexibility index (Phi) is 5.32. The van der Waals surface area contributed by atoms with Crippen LogP contribution in [0.25, 0.3) is 0 Å². The van der Waals surface area contributed by atoms with Crippen molar-refractivity contribution >= 4 is 17.3 Å². The van der Waals surface area contributed by atoms with Gasteiger partial charge in [0.25, 0.3) is 0 Å². The molecule has 0 radical (unpaired) electrons. The number of aryl methyl sites for hydroxylation is 2. The van der Waals surface area contributed by atoms with E-state index in [2.05, 4.69) is 29.4 Å². The summed E-state index contributed by atoms with van der Waals surface area (Å²) in [6.07, 6.45) is 5.72. The van der Waals surface area contributed by atoms with Crippen molar-refractivity contribution in [2.45, 2.75) is 40.0 Å². The first-order chi connectivity index (χ1) is 10.1. The molecule has 0 atom stereocenters. The van der Waals surface area contributed by atoms with E-state index in [9.17, 15) is 0 Å². The molecule has 2 aromatic heterocycles. The number of nitrogens with one attached hydrogen (secondary N) is 1. The van der Waals surface area contributed by atoms with Gasteiger partial charge >= 0.3 is 0 Å². The predicted molar refractivity (Wildman–Crippen MR) is 86.7 cm³/mol. The van der Waals surface area contributed by atoms with Crippen molar-refractivity contribution in [1.82, 2.24) is 29.8 Å². The van der Waals surface area contributed by atoms with E-state index in [1.165, 1.54) is 0 Å². The maximum atomic E-state index is 5.42. The van der Waals surface area contributed by atoms with Crippen molar-refractivity contribution < 1.29 is 0 Å². The quantitative estimate of drug-likeness (QED) is 0.822. The Morgan fingerprint density at radius 1 is 1.33 bits per heavy atom. The van der Waals surface area contributed by atoms with Gasteiger partial charge in [-0.25, -0.2) is 0 Å². The highest BCUT2D eigenvalue weighted by Gasteiger charge is 2.08. The van der Waals surface area contributed by atoms with Gasteiger partial charge in [0, 0.05) is 44.6 Å². The first kappa shape index (κ1) is 15.5. The lowest BCUT2D eigenvalue weighted by Gasteiger charge is -2.21. The van der Waals surface area contributed by atoms with Crippen LogP contribution in [0, 0.1) is 0 Å². The smallest absolute Gasteiger partial charge is 0.169 e. The van der Waals surface area contributed by atoms with Crippen LogP contribution in [-0.2, 0) is 26.2 Å². The summed E-state index contributed by atoms with van der Waals surface area (Å²) in [7, 11) is 1.98. The molecule has 0 aliphatic rings. The normalized spacial score (nSPS) is 10.6. The van der Waals surface area contributed by atoms with Crippen LogP contribution in [0.2, 0.25) is 0 Å². The molecule has 0 amide bonds. The summed E-state index contributed by atoms with van der Waals surface area (Å²) in [5.74, 6) is 0. The molecule has 2 aromatic rings. The summed E-state index contributed by atoms with van der Waals surface area (Å²) in [5, 5.41) is 12.5. The van der Waals surface area contributed by atoms with Gasteiger partial charge in [-0.3, -0.25) is 9.36 Å². The molecular formula is C14H22N6S. The van der Waals surface area contributed by atoms with Gasteiger partial charge in [0.1, 0.15) is 0 Å². The minimum atomic E-state index is 0.691. The Balaban J connectivity index is 1.85. The van der Waals surface area contributed by atoms with E-state index >= 15 is 0 Å². The molecule has 2 rings (SSSR count). The second kappa shape index (κ2) is 7.21. The molecule has 2 heterocycles. The second-order valence-corrected chi connectivity index (χ2v) is 5.24. The third kappa shape index (κ3) is 4.04. The summed E-state index contributed by atoms with van der Waals surface area (Å²) < 4.78 is 3.88. The standard InChI is InChI=1S/C14H22N6S/c1-4-19-10-12(9-17-19)8-15-14(21)18(3)11-13-6-7-16-20(13)5-2/h6-7,9-10H,4-5,8,11H2,1-3H3,(H,15,21). The average molecular weight is 306 g/mol. The minimum Gasteiger partial charge on any atom is -0.358 e. The molecule has 0 spiro atoms. The van der Waals surface area contributed by atoms with E-state index in [4.69, 9.17) is 12.2 Å². The van der Waals surface area contributed by atoms with Crippen LogP contribution >= 0.6 is 12.2 Å². The van der Waals surface area contributed by atoms with Crippen LogP contribution in [0.1, 0.15) is 25.1 Å². The van der Waals surface area contributed by atoms with Crippen molar-refractivity contribution in [2.24, 2.45) is 0 Å².